The summed E-state index contributed by atoms with van der Waals surface area (Å²) in [6.45, 7) is 2.70. The number of carbonyl (C=O) groups is 1. The van der Waals surface area contributed by atoms with Gasteiger partial charge in [0.25, 0.3) is 5.91 Å². The number of aromatic nitrogens is 2. The van der Waals surface area contributed by atoms with E-state index in [1.165, 1.54) is 0 Å². The van der Waals surface area contributed by atoms with Crippen molar-refractivity contribution in [2.75, 3.05) is 18.9 Å². The normalized spacial score (nSPS) is 11.9. The molecule has 1 heterocycles. The molecule has 0 fully saturated rings. The largest absolute Gasteiger partial charge is 0.365 e. The van der Waals surface area contributed by atoms with Gasteiger partial charge < -0.3 is 16.4 Å². The fraction of sp³-hybridized carbons (Fsp3) is 0.583. The number of unbranched alkanes of at least 4 members (excludes halogenated alkanes) is 1. The lowest BCUT2D eigenvalue weighted by Gasteiger charge is -2.16. The number of nitrogens with one attached hydrogen (secondary N) is 2. The molecule has 1 aromatic rings. The molecule has 6 nitrogen and oxygen atoms in total. The van der Waals surface area contributed by atoms with Crippen molar-refractivity contribution < 1.29 is 4.79 Å². The van der Waals surface area contributed by atoms with Crippen molar-refractivity contribution in [2.24, 2.45) is 5.73 Å². The van der Waals surface area contributed by atoms with Gasteiger partial charge in [0.05, 0.1) is 0 Å². The van der Waals surface area contributed by atoms with Crippen LogP contribution >= 0.6 is 0 Å². The summed E-state index contributed by atoms with van der Waals surface area (Å²) in [6, 6.07) is 3.58. The van der Waals surface area contributed by atoms with Crippen LogP contribution in [0.5, 0.6) is 0 Å². The molecule has 1 rings (SSSR count). The van der Waals surface area contributed by atoms with Crippen LogP contribution in [0, 0.1) is 0 Å². The molecule has 100 valence electrons. The number of amides is 1. The topological polar surface area (TPSA) is 92.9 Å². The second kappa shape index (κ2) is 7.60. The van der Waals surface area contributed by atoms with Crippen molar-refractivity contribution in [1.29, 1.82) is 0 Å². The molecule has 4 N–H and O–H groups in total. The van der Waals surface area contributed by atoms with Crippen molar-refractivity contribution in [1.82, 2.24) is 15.5 Å². The van der Waals surface area contributed by atoms with E-state index in [4.69, 9.17) is 5.73 Å². The zero-order chi connectivity index (χ0) is 13.4. The molecule has 0 aliphatic heterocycles. The Morgan fingerprint density at radius 1 is 1.44 bits per heavy atom. The van der Waals surface area contributed by atoms with E-state index in [0.717, 1.165) is 19.3 Å². The van der Waals surface area contributed by atoms with Gasteiger partial charge in [0, 0.05) is 19.6 Å². The third-order valence-corrected chi connectivity index (χ3v) is 2.67. The highest BCUT2D eigenvalue weighted by Crippen LogP contribution is 2.08. The number of nitrogens with two attached hydrogens (primary N) is 1. The Hall–Kier alpha value is -1.69. The molecule has 0 aliphatic carbocycles. The van der Waals surface area contributed by atoms with Gasteiger partial charge in [-0.3, -0.25) is 4.79 Å². The summed E-state index contributed by atoms with van der Waals surface area (Å²) < 4.78 is 0. The number of carbonyl (C=O) groups excluding carboxylic acids is 1. The first kappa shape index (κ1) is 14.4. The van der Waals surface area contributed by atoms with Gasteiger partial charge in [0.15, 0.2) is 5.69 Å². The molecule has 1 unspecified atom stereocenters. The Morgan fingerprint density at radius 2 is 2.22 bits per heavy atom. The van der Waals surface area contributed by atoms with Crippen LogP contribution in [0.1, 0.15) is 36.7 Å². The third kappa shape index (κ3) is 4.29. The Labute approximate surface area is 107 Å². The highest BCUT2D eigenvalue weighted by atomic mass is 16.1. The molecule has 0 radical (unpaired) electrons. The van der Waals surface area contributed by atoms with Crippen LogP contribution in [-0.4, -0.2) is 35.7 Å². The van der Waals surface area contributed by atoms with Gasteiger partial charge in [-0.05, 0) is 18.6 Å². The molecule has 0 bridgehead atoms. The maximum Gasteiger partial charge on any atom is 0.271 e. The van der Waals surface area contributed by atoms with E-state index in [1.807, 2.05) is 0 Å². The summed E-state index contributed by atoms with van der Waals surface area (Å²) >= 11 is 0. The molecule has 1 amide bonds. The van der Waals surface area contributed by atoms with E-state index in [-0.39, 0.29) is 11.9 Å². The fourth-order valence-electron chi connectivity index (χ4n) is 1.57. The summed E-state index contributed by atoms with van der Waals surface area (Å²) in [4.78, 5) is 11.3. The summed E-state index contributed by atoms with van der Waals surface area (Å²) in [5, 5.41) is 13.5. The van der Waals surface area contributed by atoms with Crippen molar-refractivity contribution in [3.05, 3.63) is 17.8 Å². The third-order valence-electron chi connectivity index (χ3n) is 2.67. The quantitative estimate of drug-likeness (QED) is 0.665. The maximum absolute atomic E-state index is 11.3. The standard InChI is InChI=1S/C12H21N5O/c1-3-4-5-9(8-13)15-11-7-6-10(16-17-11)12(18)14-2/h6-7,9H,3-5,8,13H2,1-2H3,(H,14,18)(H,15,17). The number of rotatable bonds is 7. The van der Waals surface area contributed by atoms with Gasteiger partial charge in [-0.15, -0.1) is 10.2 Å². The van der Waals surface area contributed by atoms with Crippen LogP contribution in [0.2, 0.25) is 0 Å². The van der Waals surface area contributed by atoms with Crippen molar-refractivity contribution in [2.45, 2.75) is 32.2 Å². The lowest BCUT2D eigenvalue weighted by atomic mass is 10.1. The van der Waals surface area contributed by atoms with Crippen molar-refractivity contribution >= 4 is 11.7 Å². The molecule has 0 saturated heterocycles. The molecule has 0 spiro atoms. The zero-order valence-electron chi connectivity index (χ0n) is 10.9. The Kier molecular flexibility index (Phi) is 6.07. The first-order chi connectivity index (χ1) is 8.71. The van der Waals surface area contributed by atoms with Gasteiger partial charge in [0.1, 0.15) is 5.82 Å². The number of hydrogen-bond donors (Lipinski definition) is 3. The van der Waals surface area contributed by atoms with E-state index < -0.39 is 0 Å². The summed E-state index contributed by atoms with van der Waals surface area (Å²) in [7, 11) is 1.56. The van der Waals surface area contributed by atoms with Gasteiger partial charge in [-0.1, -0.05) is 19.8 Å². The van der Waals surface area contributed by atoms with Gasteiger partial charge in [0.2, 0.25) is 0 Å². The van der Waals surface area contributed by atoms with Crippen LogP contribution in [0.25, 0.3) is 0 Å². The minimum atomic E-state index is -0.240. The lowest BCUT2D eigenvalue weighted by molar-refractivity contribution is 0.0957. The smallest absolute Gasteiger partial charge is 0.271 e. The van der Waals surface area contributed by atoms with E-state index in [9.17, 15) is 4.79 Å². The zero-order valence-corrected chi connectivity index (χ0v) is 10.9. The Morgan fingerprint density at radius 3 is 2.72 bits per heavy atom. The predicted octanol–water partition coefficient (Wildman–Crippen LogP) is 0.766. The van der Waals surface area contributed by atoms with Crippen LogP contribution in [0.4, 0.5) is 5.82 Å². The molecule has 1 aromatic heterocycles. The van der Waals surface area contributed by atoms with E-state index in [0.29, 0.717) is 18.1 Å². The highest BCUT2D eigenvalue weighted by molar-refractivity contribution is 5.91. The molecule has 6 heteroatoms. The highest BCUT2D eigenvalue weighted by Gasteiger charge is 2.09. The van der Waals surface area contributed by atoms with E-state index in [1.54, 1.807) is 19.2 Å². The fourth-order valence-corrected chi connectivity index (χ4v) is 1.57. The second-order valence-electron chi connectivity index (χ2n) is 4.10. The molecular weight excluding hydrogens is 230 g/mol. The van der Waals surface area contributed by atoms with E-state index >= 15 is 0 Å². The summed E-state index contributed by atoms with van der Waals surface area (Å²) in [5.41, 5.74) is 5.99. The first-order valence-electron chi connectivity index (χ1n) is 6.23. The van der Waals surface area contributed by atoms with Crippen LogP contribution in [0.15, 0.2) is 12.1 Å². The summed E-state index contributed by atoms with van der Waals surface area (Å²) in [6.07, 6.45) is 3.27. The second-order valence-corrected chi connectivity index (χ2v) is 4.10. The maximum atomic E-state index is 11.3. The minimum Gasteiger partial charge on any atom is -0.365 e. The van der Waals surface area contributed by atoms with Crippen LogP contribution in [-0.2, 0) is 0 Å². The number of nitrogens with zero attached hydrogens (tertiary/aromatic N) is 2. The molecule has 1 atom stereocenters. The molecule has 0 aromatic carbocycles. The Balaban J connectivity index is 2.59. The van der Waals surface area contributed by atoms with Crippen molar-refractivity contribution in [3.63, 3.8) is 0 Å². The van der Waals surface area contributed by atoms with Gasteiger partial charge in [-0.2, -0.15) is 0 Å². The monoisotopic (exact) mass is 251 g/mol. The average molecular weight is 251 g/mol. The predicted molar refractivity (Wildman–Crippen MR) is 71.4 cm³/mol. The molecule has 0 aliphatic rings. The Bertz CT molecular complexity index is 365. The lowest BCUT2D eigenvalue weighted by Crippen LogP contribution is -2.29. The van der Waals surface area contributed by atoms with Crippen LogP contribution < -0.4 is 16.4 Å². The molecule has 0 saturated carbocycles. The molecule has 18 heavy (non-hydrogen) atoms. The van der Waals surface area contributed by atoms with Gasteiger partial charge >= 0.3 is 0 Å². The molecular formula is C12H21N5O. The van der Waals surface area contributed by atoms with Crippen LogP contribution in [0.3, 0.4) is 0 Å². The minimum absolute atomic E-state index is 0.199. The number of hydrogen-bond acceptors (Lipinski definition) is 5. The SMILES string of the molecule is CCCCC(CN)Nc1ccc(C(=O)NC)nn1. The summed E-state index contributed by atoms with van der Waals surface area (Å²) in [5.74, 6) is 0.407. The first-order valence-corrected chi connectivity index (χ1v) is 6.23. The average Bonchev–Trinajstić information content (AvgIpc) is 2.43. The van der Waals surface area contributed by atoms with Gasteiger partial charge in [-0.25, -0.2) is 0 Å². The van der Waals surface area contributed by atoms with E-state index in [2.05, 4.69) is 27.8 Å². The number of anilines is 1. The van der Waals surface area contributed by atoms with Crippen molar-refractivity contribution in [3.8, 4) is 0 Å².